The number of carboxylic acid groups (broad SMARTS) is 1. The summed E-state index contributed by atoms with van der Waals surface area (Å²) >= 11 is 0. The van der Waals surface area contributed by atoms with Gasteiger partial charge in [-0.25, -0.2) is 4.79 Å². The van der Waals surface area contributed by atoms with Crippen LogP contribution in [-0.4, -0.2) is 48.7 Å². The third kappa shape index (κ3) is 6.48. The minimum Gasteiger partial charge on any atom is -0.480 e. The first-order valence-corrected chi connectivity index (χ1v) is 4.94. The Balaban J connectivity index is 4.29. The fraction of sp³-hybridized carbons (Fsp3) is 0.667. The number of rotatable bonds is 8. The summed E-state index contributed by atoms with van der Waals surface area (Å²) in [5.41, 5.74) is 10.3. The van der Waals surface area contributed by atoms with E-state index >= 15 is 0 Å². The molecule has 0 aliphatic heterocycles. The molecule has 0 aromatic carbocycles. The lowest BCUT2D eigenvalue weighted by Crippen LogP contribution is -2.50. The van der Waals surface area contributed by atoms with Crippen LogP contribution in [0.2, 0.25) is 0 Å². The van der Waals surface area contributed by atoms with Gasteiger partial charge in [0, 0.05) is 13.5 Å². The number of carboxylic acids is 1. The van der Waals surface area contributed by atoms with Crippen LogP contribution in [0.25, 0.3) is 0 Å². The Kier molecular flexibility index (Phi) is 6.83. The standard InChI is InChI=1S/C9H17N3O5/c1-17-4-5(10)8(14)12-6(9(15)16)2-3-7(11)13/h5-6H,2-4,10H2,1H3,(H2,11,13)(H,12,14)(H,15,16)/t5?,6-/m1/s1. The SMILES string of the molecule is COCC(N)C(=O)N[C@H](CCC(N)=O)C(=O)O. The number of nitrogens with one attached hydrogen (secondary N) is 1. The van der Waals surface area contributed by atoms with E-state index < -0.39 is 29.9 Å². The Bertz CT molecular complexity index is 294. The smallest absolute Gasteiger partial charge is 0.326 e. The van der Waals surface area contributed by atoms with E-state index in [1.165, 1.54) is 7.11 Å². The first-order chi connectivity index (χ1) is 7.88. The summed E-state index contributed by atoms with van der Waals surface area (Å²) in [6, 6.07) is -2.13. The van der Waals surface area contributed by atoms with Crippen molar-refractivity contribution in [2.45, 2.75) is 24.9 Å². The summed E-state index contributed by atoms with van der Waals surface area (Å²) in [6.07, 6.45) is -0.202. The molecule has 1 unspecified atom stereocenters. The van der Waals surface area contributed by atoms with Gasteiger partial charge in [0.2, 0.25) is 11.8 Å². The lowest BCUT2D eigenvalue weighted by atomic mass is 10.1. The van der Waals surface area contributed by atoms with Gasteiger partial charge in [0.05, 0.1) is 6.61 Å². The Hall–Kier alpha value is -1.67. The van der Waals surface area contributed by atoms with Crippen molar-refractivity contribution in [2.75, 3.05) is 13.7 Å². The van der Waals surface area contributed by atoms with Crippen molar-refractivity contribution in [2.24, 2.45) is 11.5 Å². The van der Waals surface area contributed by atoms with Crippen molar-refractivity contribution in [3.05, 3.63) is 0 Å². The Morgan fingerprint density at radius 3 is 2.41 bits per heavy atom. The number of ether oxygens (including phenoxy) is 1. The maximum atomic E-state index is 11.4. The van der Waals surface area contributed by atoms with Crippen molar-refractivity contribution >= 4 is 17.8 Å². The number of methoxy groups -OCH3 is 1. The van der Waals surface area contributed by atoms with E-state index in [1.54, 1.807) is 0 Å². The summed E-state index contributed by atoms with van der Waals surface area (Å²) in [6.45, 7) is -0.0198. The minimum atomic E-state index is -1.25. The van der Waals surface area contributed by atoms with Crippen LogP contribution in [0.3, 0.4) is 0 Å². The molecule has 0 heterocycles. The predicted molar refractivity (Wildman–Crippen MR) is 57.8 cm³/mol. The van der Waals surface area contributed by atoms with E-state index in [-0.39, 0.29) is 19.4 Å². The first-order valence-electron chi connectivity index (χ1n) is 4.94. The van der Waals surface area contributed by atoms with Crippen LogP contribution in [0.15, 0.2) is 0 Å². The molecule has 2 amide bonds. The second-order valence-electron chi connectivity index (χ2n) is 3.47. The van der Waals surface area contributed by atoms with E-state index in [1.807, 2.05) is 0 Å². The van der Waals surface area contributed by atoms with Crippen molar-refractivity contribution in [1.82, 2.24) is 5.32 Å². The lowest BCUT2D eigenvalue weighted by Gasteiger charge is -2.16. The molecule has 0 aromatic rings. The van der Waals surface area contributed by atoms with Crippen molar-refractivity contribution in [3.63, 3.8) is 0 Å². The van der Waals surface area contributed by atoms with Gasteiger partial charge in [-0.2, -0.15) is 0 Å². The van der Waals surface area contributed by atoms with Gasteiger partial charge in [0.1, 0.15) is 12.1 Å². The molecule has 0 radical (unpaired) electrons. The van der Waals surface area contributed by atoms with Crippen LogP contribution in [0.1, 0.15) is 12.8 Å². The Morgan fingerprint density at radius 2 is 2.00 bits per heavy atom. The molecule has 17 heavy (non-hydrogen) atoms. The monoisotopic (exact) mass is 247 g/mol. The zero-order chi connectivity index (χ0) is 13.4. The van der Waals surface area contributed by atoms with Gasteiger partial charge in [0.15, 0.2) is 0 Å². The van der Waals surface area contributed by atoms with Gasteiger partial charge in [-0.15, -0.1) is 0 Å². The van der Waals surface area contributed by atoms with E-state index in [0.717, 1.165) is 0 Å². The number of hydrogen-bond donors (Lipinski definition) is 4. The zero-order valence-corrected chi connectivity index (χ0v) is 9.51. The number of primary amides is 1. The third-order valence-corrected chi connectivity index (χ3v) is 1.98. The normalized spacial score (nSPS) is 13.8. The van der Waals surface area contributed by atoms with Crippen LogP contribution < -0.4 is 16.8 Å². The molecule has 0 aliphatic carbocycles. The molecule has 8 heteroatoms. The minimum absolute atomic E-state index is 0.0198. The van der Waals surface area contributed by atoms with Gasteiger partial charge < -0.3 is 26.6 Å². The lowest BCUT2D eigenvalue weighted by molar-refractivity contribution is -0.142. The van der Waals surface area contributed by atoms with Crippen LogP contribution in [-0.2, 0) is 19.1 Å². The third-order valence-electron chi connectivity index (χ3n) is 1.98. The number of aliphatic carboxylic acids is 1. The summed E-state index contributed by atoms with van der Waals surface area (Å²) in [4.78, 5) is 32.7. The van der Waals surface area contributed by atoms with Crippen LogP contribution in [0.4, 0.5) is 0 Å². The van der Waals surface area contributed by atoms with Gasteiger partial charge in [-0.3, -0.25) is 9.59 Å². The van der Waals surface area contributed by atoms with E-state index in [2.05, 4.69) is 10.1 Å². The molecule has 98 valence electrons. The summed E-state index contributed by atoms with van der Waals surface area (Å²) in [5.74, 6) is -2.53. The largest absolute Gasteiger partial charge is 0.480 e. The highest BCUT2D eigenvalue weighted by Crippen LogP contribution is 1.98. The summed E-state index contributed by atoms with van der Waals surface area (Å²) in [5, 5.41) is 11.0. The number of amides is 2. The topological polar surface area (TPSA) is 145 Å². The van der Waals surface area contributed by atoms with Crippen LogP contribution >= 0.6 is 0 Å². The fourth-order valence-corrected chi connectivity index (χ4v) is 1.08. The number of hydrogen-bond acceptors (Lipinski definition) is 5. The van der Waals surface area contributed by atoms with Gasteiger partial charge in [-0.1, -0.05) is 0 Å². The van der Waals surface area contributed by atoms with Gasteiger partial charge in [0.25, 0.3) is 0 Å². The molecule has 0 rings (SSSR count). The second-order valence-corrected chi connectivity index (χ2v) is 3.47. The van der Waals surface area contributed by atoms with Gasteiger partial charge in [-0.05, 0) is 6.42 Å². The highest BCUT2D eigenvalue weighted by molar-refractivity contribution is 5.87. The molecular formula is C9H17N3O5. The maximum Gasteiger partial charge on any atom is 0.326 e. The highest BCUT2D eigenvalue weighted by Gasteiger charge is 2.23. The summed E-state index contributed by atoms with van der Waals surface area (Å²) < 4.78 is 4.66. The van der Waals surface area contributed by atoms with Crippen LogP contribution in [0, 0.1) is 0 Å². The molecule has 8 nitrogen and oxygen atoms in total. The Labute approximate surface area is 98.3 Å². The van der Waals surface area contributed by atoms with Crippen molar-refractivity contribution in [3.8, 4) is 0 Å². The van der Waals surface area contributed by atoms with Crippen LogP contribution in [0.5, 0.6) is 0 Å². The summed E-state index contributed by atoms with van der Waals surface area (Å²) in [7, 11) is 1.37. The highest BCUT2D eigenvalue weighted by atomic mass is 16.5. The molecule has 2 atom stereocenters. The molecule has 0 saturated carbocycles. The van der Waals surface area contributed by atoms with E-state index in [4.69, 9.17) is 16.6 Å². The number of carbonyl (C=O) groups excluding carboxylic acids is 2. The van der Waals surface area contributed by atoms with Crippen molar-refractivity contribution < 1.29 is 24.2 Å². The van der Waals surface area contributed by atoms with Gasteiger partial charge >= 0.3 is 5.97 Å². The van der Waals surface area contributed by atoms with Crippen molar-refractivity contribution in [1.29, 1.82) is 0 Å². The molecule has 0 aromatic heterocycles. The number of carbonyl (C=O) groups is 3. The number of nitrogens with two attached hydrogens (primary N) is 2. The average molecular weight is 247 g/mol. The molecule has 0 spiro atoms. The molecule has 0 saturated heterocycles. The predicted octanol–water partition coefficient (Wildman–Crippen LogP) is -2.20. The van der Waals surface area contributed by atoms with E-state index in [0.29, 0.717) is 0 Å². The Morgan fingerprint density at radius 1 is 1.41 bits per heavy atom. The molecule has 0 fully saturated rings. The molecule has 6 N–H and O–H groups in total. The molecular weight excluding hydrogens is 230 g/mol. The fourth-order valence-electron chi connectivity index (χ4n) is 1.08. The molecule has 0 bridgehead atoms. The average Bonchev–Trinajstić information content (AvgIpc) is 2.23. The zero-order valence-electron chi connectivity index (χ0n) is 9.51. The second kappa shape index (κ2) is 7.58. The molecule has 0 aliphatic rings. The first kappa shape index (κ1) is 15.3. The maximum absolute atomic E-state index is 11.4. The van der Waals surface area contributed by atoms with E-state index in [9.17, 15) is 14.4 Å². The quantitative estimate of drug-likeness (QED) is 0.383.